The van der Waals surface area contributed by atoms with E-state index in [1.54, 1.807) is 60.6 Å². The molecule has 3 N–H and O–H groups in total. The highest BCUT2D eigenvalue weighted by molar-refractivity contribution is 7.89. The molecule has 0 aliphatic heterocycles. The highest BCUT2D eigenvalue weighted by atomic mass is 32.2. The van der Waals surface area contributed by atoms with Crippen LogP contribution in [0, 0.1) is 0 Å². The van der Waals surface area contributed by atoms with Crippen LogP contribution in [-0.2, 0) is 32.1 Å². The van der Waals surface area contributed by atoms with Crippen molar-refractivity contribution in [1.82, 2.24) is 34.3 Å². The molecule has 0 spiro atoms. The number of aromatic nitrogens is 6. The molecule has 1 atom stereocenters. The number of carbonyl (C=O) groups excluding carboxylic acids is 1. The van der Waals surface area contributed by atoms with E-state index >= 15 is 0 Å². The molecule has 0 fully saturated rings. The summed E-state index contributed by atoms with van der Waals surface area (Å²) in [4.78, 5) is 18.6. The summed E-state index contributed by atoms with van der Waals surface area (Å²) in [5.74, 6) is 2.93. The first-order chi connectivity index (χ1) is 32.6. The summed E-state index contributed by atoms with van der Waals surface area (Å²) in [6.45, 7) is 15.6. The predicted molar refractivity (Wildman–Crippen MR) is 261 cm³/mol. The van der Waals surface area contributed by atoms with Crippen molar-refractivity contribution in [2.45, 2.75) is 102 Å². The number of aromatic amines is 1. The third-order valence-corrected chi connectivity index (χ3v) is 13.7. The second-order valence-electron chi connectivity index (χ2n) is 17.7. The molecule has 7 aromatic rings. The van der Waals surface area contributed by atoms with Crippen LogP contribution in [0.4, 0.5) is 5.69 Å². The Bertz CT molecular complexity index is 2880. The first-order valence-corrected chi connectivity index (χ1v) is 24.5. The quantitative estimate of drug-likeness (QED) is 0.0490. The van der Waals surface area contributed by atoms with Crippen molar-refractivity contribution in [3.05, 3.63) is 126 Å². The molecule has 0 aliphatic rings. The minimum absolute atomic E-state index is 0.0331. The third-order valence-electron chi connectivity index (χ3n) is 12.2. The zero-order chi connectivity index (χ0) is 48.5. The van der Waals surface area contributed by atoms with Gasteiger partial charge in [-0.25, -0.2) is 22.8 Å². The maximum absolute atomic E-state index is 14.2. The highest BCUT2D eigenvalue weighted by Crippen LogP contribution is 2.39. The van der Waals surface area contributed by atoms with Crippen LogP contribution in [0.25, 0.3) is 11.3 Å². The lowest BCUT2D eigenvalue weighted by molar-refractivity contribution is -0.122. The Labute approximate surface area is 398 Å². The summed E-state index contributed by atoms with van der Waals surface area (Å²) >= 11 is 0. The van der Waals surface area contributed by atoms with Gasteiger partial charge in [0.25, 0.3) is 11.8 Å². The molecular formula is C51H62N8O8S. The Morgan fingerprint density at radius 2 is 1.54 bits per heavy atom. The molecule has 0 saturated heterocycles. The number of benzene rings is 4. The lowest BCUT2D eigenvalue weighted by Gasteiger charge is -2.31. The van der Waals surface area contributed by atoms with Crippen molar-refractivity contribution in [2.24, 2.45) is 0 Å². The van der Waals surface area contributed by atoms with Gasteiger partial charge in [-0.3, -0.25) is 9.89 Å². The van der Waals surface area contributed by atoms with Gasteiger partial charge in [0.1, 0.15) is 52.7 Å². The summed E-state index contributed by atoms with van der Waals surface area (Å²) in [6.07, 6.45) is 5.53. The second kappa shape index (κ2) is 21.4. The number of carbonyl (C=O) groups is 1. The Balaban J connectivity index is 1.06. The van der Waals surface area contributed by atoms with Crippen molar-refractivity contribution in [1.29, 1.82) is 0 Å². The van der Waals surface area contributed by atoms with Crippen molar-refractivity contribution in [3.63, 3.8) is 0 Å². The van der Waals surface area contributed by atoms with E-state index in [0.717, 1.165) is 24.2 Å². The fourth-order valence-corrected chi connectivity index (χ4v) is 8.55. The number of H-pyrrole nitrogens is 1. The summed E-state index contributed by atoms with van der Waals surface area (Å²) < 4.78 is 64.0. The average molecular weight is 947 g/mol. The van der Waals surface area contributed by atoms with E-state index in [1.165, 1.54) is 22.3 Å². The standard InChI is InChI=1S/C51H62N8O8S/c1-9-41(67-42-26-20-35(50(4,5)10-2)33-40(42)51(6,7)11-3)48(60)54-36-21-27-43(66-39-24-22-37(63-8)23-25-39)44(34-36)68(61,62)53-29-15-19-45-55-47-46(58-30-16-28-52-58)49(57-59(47)56-45)65-32-31-64-38-17-13-12-14-18-38/h12-14,16-18,20-28,30,33-34,41,53H,9-11,15,19,29,31-32H2,1-8H3,(H,54,60)(H,55,56). The minimum atomic E-state index is -4.21. The number of sulfonamides is 1. The molecular weight excluding hydrogens is 885 g/mol. The van der Waals surface area contributed by atoms with E-state index in [-0.39, 0.29) is 40.3 Å². The van der Waals surface area contributed by atoms with Crippen LogP contribution in [0.2, 0.25) is 0 Å². The molecule has 1 unspecified atom stereocenters. The Hall–Kier alpha value is -6.85. The van der Waals surface area contributed by atoms with E-state index in [4.69, 9.17) is 28.7 Å². The summed E-state index contributed by atoms with van der Waals surface area (Å²) in [5.41, 5.74) is 3.28. The van der Waals surface area contributed by atoms with Gasteiger partial charge in [-0.1, -0.05) is 78.8 Å². The van der Waals surface area contributed by atoms with Gasteiger partial charge in [0, 0.05) is 36.6 Å². The number of nitrogens with zero attached hydrogens (tertiary/aromatic N) is 5. The molecule has 17 heteroatoms. The van der Waals surface area contributed by atoms with Gasteiger partial charge in [-0.2, -0.15) is 5.10 Å². The molecule has 0 bridgehead atoms. The van der Waals surface area contributed by atoms with Gasteiger partial charge in [-0.05, 0) is 109 Å². The van der Waals surface area contributed by atoms with Crippen molar-refractivity contribution >= 4 is 27.3 Å². The fraction of sp³-hybridized carbons (Fsp3) is 0.373. The molecule has 0 saturated carbocycles. The van der Waals surface area contributed by atoms with Gasteiger partial charge in [-0.15, -0.1) is 9.73 Å². The van der Waals surface area contributed by atoms with Gasteiger partial charge < -0.3 is 29.0 Å². The van der Waals surface area contributed by atoms with E-state index in [9.17, 15) is 13.2 Å². The Morgan fingerprint density at radius 3 is 2.24 bits per heavy atom. The summed E-state index contributed by atoms with van der Waals surface area (Å²) in [5, 5.41) is 15.1. The first-order valence-electron chi connectivity index (χ1n) is 23.0. The number of methoxy groups -OCH3 is 1. The largest absolute Gasteiger partial charge is 0.497 e. The second-order valence-corrected chi connectivity index (χ2v) is 19.4. The monoisotopic (exact) mass is 946 g/mol. The number of para-hydroxylation sites is 1. The highest BCUT2D eigenvalue weighted by Gasteiger charge is 2.30. The van der Waals surface area contributed by atoms with E-state index in [2.05, 4.69) is 79.0 Å². The van der Waals surface area contributed by atoms with Crippen LogP contribution in [0.1, 0.15) is 91.1 Å². The van der Waals surface area contributed by atoms with Crippen LogP contribution in [0.3, 0.4) is 0 Å². The smallest absolute Gasteiger partial charge is 0.265 e. The lowest BCUT2D eigenvalue weighted by atomic mass is 9.76. The molecule has 7 rings (SSSR count). The number of rotatable bonds is 24. The number of amides is 1. The topological polar surface area (TPSA) is 185 Å². The Morgan fingerprint density at radius 1 is 0.824 bits per heavy atom. The van der Waals surface area contributed by atoms with Gasteiger partial charge in [0.15, 0.2) is 11.8 Å². The number of hydrogen-bond donors (Lipinski definition) is 3. The van der Waals surface area contributed by atoms with Crippen LogP contribution in [0.5, 0.6) is 34.6 Å². The normalized spacial score (nSPS) is 12.5. The molecule has 16 nitrogen and oxygen atoms in total. The fourth-order valence-electron chi connectivity index (χ4n) is 7.33. The molecule has 3 heterocycles. The minimum Gasteiger partial charge on any atom is -0.497 e. The number of aryl methyl sites for hydroxylation is 1. The molecule has 360 valence electrons. The molecule has 0 aliphatic carbocycles. The molecule has 4 aromatic carbocycles. The van der Waals surface area contributed by atoms with E-state index < -0.39 is 22.0 Å². The van der Waals surface area contributed by atoms with Crippen LogP contribution in [0.15, 0.2) is 114 Å². The van der Waals surface area contributed by atoms with Crippen molar-refractivity contribution in [3.8, 4) is 40.3 Å². The Kier molecular flexibility index (Phi) is 15.4. The SMILES string of the molecule is CCC(Oc1ccc(C(C)(C)CC)cc1C(C)(C)CC)C(=O)Nc1ccc(Oc2ccc(OC)cc2)c(S(=O)(=O)NCCCc2nc3c(-n4cccn4)c(OCCOc4ccccc4)nn3[nH]2)c1. The predicted octanol–water partition coefficient (Wildman–Crippen LogP) is 9.58. The molecule has 0 radical (unpaired) electrons. The maximum Gasteiger partial charge on any atom is 0.265 e. The van der Waals surface area contributed by atoms with E-state index in [1.807, 2.05) is 43.3 Å². The molecule has 3 aromatic heterocycles. The number of fused-ring (bicyclic) bond motifs is 1. The third kappa shape index (κ3) is 11.6. The van der Waals surface area contributed by atoms with Crippen LogP contribution in [-0.4, -0.2) is 76.9 Å². The van der Waals surface area contributed by atoms with Crippen LogP contribution < -0.4 is 33.7 Å². The van der Waals surface area contributed by atoms with Crippen molar-refractivity contribution in [2.75, 3.05) is 32.2 Å². The zero-order valence-electron chi connectivity index (χ0n) is 40.0. The van der Waals surface area contributed by atoms with Gasteiger partial charge >= 0.3 is 0 Å². The number of anilines is 1. The van der Waals surface area contributed by atoms with E-state index in [0.29, 0.717) is 66.2 Å². The number of nitrogens with one attached hydrogen (secondary N) is 3. The molecule has 1 amide bonds. The number of hydrogen-bond acceptors (Lipinski definition) is 11. The average Bonchev–Trinajstić information content (AvgIpc) is 4.09. The first kappa shape index (κ1) is 49.1. The van der Waals surface area contributed by atoms with Gasteiger partial charge in [0.2, 0.25) is 15.7 Å². The molecule has 68 heavy (non-hydrogen) atoms. The van der Waals surface area contributed by atoms with Crippen LogP contribution >= 0.6 is 0 Å². The summed E-state index contributed by atoms with van der Waals surface area (Å²) in [7, 11) is -2.65. The number of ether oxygens (including phenoxy) is 5. The summed E-state index contributed by atoms with van der Waals surface area (Å²) in [6, 6.07) is 28.8. The van der Waals surface area contributed by atoms with Gasteiger partial charge in [0.05, 0.1) is 7.11 Å². The van der Waals surface area contributed by atoms with Crippen molar-refractivity contribution < 1.29 is 36.9 Å². The zero-order valence-corrected chi connectivity index (χ0v) is 40.9. The lowest BCUT2D eigenvalue weighted by Crippen LogP contribution is -2.33. The maximum atomic E-state index is 14.2.